The van der Waals surface area contributed by atoms with Crippen LogP contribution in [-0.4, -0.2) is 134 Å². The van der Waals surface area contributed by atoms with Gasteiger partial charge in [-0.3, -0.25) is 33.6 Å². The number of H-pyrrole nitrogens is 1. The summed E-state index contributed by atoms with van der Waals surface area (Å²) in [6.45, 7) is 6.48. The maximum atomic E-state index is 14.8. The van der Waals surface area contributed by atoms with Crippen molar-refractivity contribution in [2.75, 3.05) is 18.1 Å². The van der Waals surface area contributed by atoms with Crippen LogP contribution in [0.3, 0.4) is 0 Å². The number of benzene rings is 3. The Balaban J connectivity index is 1.59. The third-order valence-corrected chi connectivity index (χ3v) is 15.4. The minimum Gasteiger partial charge on any atom is -0.480 e. The van der Waals surface area contributed by atoms with Gasteiger partial charge < -0.3 is 57.9 Å². The summed E-state index contributed by atoms with van der Waals surface area (Å²) in [5.74, 6) is -9.21. The van der Waals surface area contributed by atoms with E-state index in [1.165, 1.54) is 13.8 Å². The van der Waals surface area contributed by atoms with Gasteiger partial charge in [0.05, 0.1) is 18.1 Å². The molecule has 1 unspecified atom stereocenters. The topological polar surface area (TPSA) is 311 Å². The van der Waals surface area contributed by atoms with Gasteiger partial charge in [-0.2, -0.15) is 0 Å². The van der Waals surface area contributed by atoms with Crippen molar-refractivity contribution < 1.29 is 53.7 Å². The monoisotopic (exact) mass is 1060 g/mol. The van der Waals surface area contributed by atoms with E-state index < -0.39 is 114 Å². The van der Waals surface area contributed by atoms with E-state index in [9.17, 15) is 53.7 Å². The number of fused-ring (bicyclic) bond motifs is 1. The van der Waals surface area contributed by atoms with Crippen molar-refractivity contribution in [2.45, 2.75) is 121 Å². The van der Waals surface area contributed by atoms with Crippen LogP contribution in [0.2, 0.25) is 0 Å². The number of aromatic amines is 1. The molecular formula is C53H70N8O11S2. The predicted molar refractivity (Wildman–Crippen MR) is 284 cm³/mol. The smallest absolute Gasteiger partial charge is 0.328 e. The van der Waals surface area contributed by atoms with Crippen molar-refractivity contribution in [3.63, 3.8) is 0 Å². The van der Waals surface area contributed by atoms with Crippen molar-refractivity contribution >= 4 is 79.7 Å². The fourth-order valence-corrected chi connectivity index (χ4v) is 11.0. The van der Waals surface area contributed by atoms with Gasteiger partial charge in [0, 0.05) is 53.8 Å². The van der Waals surface area contributed by atoms with E-state index in [2.05, 4.69) is 36.9 Å². The van der Waals surface area contributed by atoms with E-state index in [1.54, 1.807) is 36.5 Å². The summed E-state index contributed by atoms with van der Waals surface area (Å²) in [7, 11) is 2.10. The highest BCUT2D eigenvalue weighted by molar-refractivity contribution is 8.76. The first-order valence-electron chi connectivity index (χ1n) is 24.9. The molecule has 5 rings (SSSR count). The third-order valence-electron chi connectivity index (χ3n) is 12.9. The number of amides is 6. The fraction of sp³-hybridized carbons (Fsp3) is 0.472. The molecule has 0 aliphatic carbocycles. The van der Waals surface area contributed by atoms with Gasteiger partial charge >= 0.3 is 5.97 Å². The van der Waals surface area contributed by atoms with Crippen molar-refractivity contribution in [2.24, 2.45) is 23.5 Å². The Morgan fingerprint density at radius 1 is 0.716 bits per heavy atom. The van der Waals surface area contributed by atoms with E-state index in [-0.39, 0.29) is 43.2 Å². The molecule has 12 N–H and O–H groups in total. The molecule has 0 bridgehead atoms. The number of hydrogen-bond acceptors (Lipinski definition) is 13. The summed E-state index contributed by atoms with van der Waals surface area (Å²) in [5.41, 5.74) is 8.78. The van der Waals surface area contributed by atoms with Crippen molar-refractivity contribution in [1.82, 2.24) is 36.9 Å². The van der Waals surface area contributed by atoms with Crippen molar-refractivity contribution in [1.29, 1.82) is 0 Å². The average molecular weight is 1060 g/mol. The van der Waals surface area contributed by atoms with Crippen LogP contribution in [0.15, 0.2) is 91.1 Å². The molecule has 4 aromatic rings. The molecule has 6 amide bonds. The summed E-state index contributed by atoms with van der Waals surface area (Å²) in [4.78, 5) is 116. The molecule has 2 heterocycles. The van der Waals surface area contributed by atoms with Crippen LogP contribution >= 0.6 is 21.6 Å². The lowest BCUT2D eigenvalue weighted by atomic mass is 9.88. The molecular weight excluding hydrogens is 989 g/mol. The molecule has 21 heteroatoms. The highest BCUT2D eigenvalue weighted by Gasteiger charge is 2.37. The zero-order valence-corrected chi connectivity index (χ0v) is 43.7. The van der Waals surface area contributed by atoms with Crippen molar-refractivity contribution in [3.8, 4) is 0 Å². The largest absolute Gasteiger partial charge is 0.480 e. The number of aliphatic hydroxyl groups is 2. The Labute approximate surface area is 438 Å². The number of aromatic nitrogens is 1. The average Bonchev–Trinajstić information content (AvgIpc) is 3.78. The first-order valence-corrected chi connectivity index (χ1v) is 27.4. The Morgan fingerprint density at radius 2 is 1.30 bits per heavy atom. The van der Waals surface area contributed by atoms with E-state index in [0.717, 1.165) is 38.1 Å². The summed E-state index contributed by atoms with van der Waals surface area (Å²) in [6, 6.07) is 17.0. The number of carboxylic acids is 1. The number of nitrogens with two attached hydrogens (primary N) is 1. The van der Waals surface area contributed by atoms with Gasteiger partial charge in [0.15, 0.2) is 11.8 Å². The number of para-hydroxylation sites is 1. The van der Waals surface area contributed by atoms with Crippen LogP contribution in [0, 0.1) is 17.8 Å². The summed E-state index contributed by atoms with van der Waals surface area (Å²) in [6.07, 6.45) is -0.896. The second kappa shape index (κ2) is 29.0. The molecule has 0 radical (unpaired) electrons. The molecule has 1 aromatic heterocycles. The predicted octanol–water partition coefficient (Wildman–Crippen LogP) is 2.32. The first-order chi connectivity index (χ1) is 35.4. The van der Waals surface area contributed by atoms with Gasteiger partial charge in [-0.15, -0.1) is 0 Å². The van der Waals surface area contributed by atoms with Gasteiger partial charge in [0.1, 0.15) is 30.2 Å². The lowest BCUT2D eigenvalue weighted by molar-refractivity contribution is -0.145. The summed E-state index contributed by atoms with van der Waals surface area (Å²) in [5, 5.41) is 48.0. The molecule has 3 aromatic carbocycles. The first kappa shape index (κ1) is 58.6. The Morgan fingerprint density at radius 3 is 1.92 bits per heavy atom. The Kier molecular flexibility index (Phi) is 23.0. The molecule has 400 valence electrons. The number of ketones is 1. The highest BCUT2D eigenvalue weighted by atomic mass is 33.1. The van der Waals surface area contributed by atoms with Gasteiger partial charge in [-0.05, 0) is 74.8 Å². The normalized spacial score (nSPS) is 22.5. The number of aliphatic hydroxyl groups excluding tert-OH is 2. The minimum atomic E-state index is -1.75. The molecule has 1 saturated heterocycles. The van der Waals surface area contributed by atoms with Gasteiger partial charge in [0.25, 0.3) is 0 Å². The zero-order chi connectivity index (χ0) is 53.9. The number of carboxylic acid groups (broad SMARTS) is 1. The van der Waals surface area contributed by atoms with Crippen LogP contribution in [-0.2, 0) is 57.6 Å². The van der Waals surface area contributed by atoms with Crippen LogP contribution in [0.5, 0.6) is 0 Å². The van der Waals surface area contributed by atoms with E-state index in [0.29, 0.717) is 30.4 Å². The van der Waals surface area contributed by atoms with Crippen LogP contribution < -0.4 is 37.6 Å². The number of carbonyl (C=O) groups excluding carboxylic acids is 7. The maximum absolute atomic E-state index is 14.8. The lowest BCUT2D eigenvalue weighted by Crippen LogP contribution is -2.60. The zero-order valence-electron chi connectivity index (χ0n) is 42.1. The molecule has 74 heavy (non-hydrogen) atoms. The Hall–Kier alpha value is -6.26. The van der Waals surface area contributed by atoms with Crippen LogP contribution in [0.25, 0.3) is 10.9 Å². The number of rotatable bonds is 18. The van der Waals surface area contributed by atoms with Crippen LogP contribution in [0.4, 0.5) is 0 Å². The molecule has 0 spiro atoms. The summed E-state index contributed by atoms with van der Waals surface area (Å²) < 4.78 is 0. The molecule has 1 aliphatic rings. The summed E-state index contributed by atoms with van der Waals surface area (Å²) >= 11 is 0. The number of unbranched alkanes of at least 4 members (excludes halogenated alkanes) is 1. The molecule has 1 fully saturated rings. The number of nitrogens with one attached hydrogen (secondary N) is 7. The number of aliphatic carboxylic acids is 1. The van der Waals surface area contributed by atoms with Crippen LogP contribution in [0.1, 0.15) is 70.1 Å². The van der Waals surface area contributed by atoms with E-state index in [1.807, 2.05) is 68.4 Å². The van der Waals surface area contributed by atoms with Gasteiger partial charge in [-0.25, -0.2) is 4.79 Å². The number of hydrogen-bond donors (Lipinski definition) is 11. The minimum absolute atomic E-state index is 0.0286. The number of Topliss-reactive ketones (excluding diaryl/α,β-unsaturated/α-hetero) is 1. The number of carbonyl (C=O) groups is 8. The second-order valence-corrected chi connectivity index (χ2v) is 21.6. The van der Waals surface area contributed by atoms with E-state index >= 15 is 0 Å². The molecule has 10 atom stereocenters. The molecule has 0 saturated carbocycles. The highest BCUT2D eigenvalue weighted by Crippen LogP contribution is 2.28. The second-order valence-electron chi connectivity index (χ2n) is 19.1. The quantitative estimate of drug-likeness (QED) is 0.0504. The SMILES string of the molecule is CC(C)[C@H](Cc1ccccc1)C(=O)N[C@H]1CSSC[C@@H](C(=O)NC(C(=O)O)[C@@H](C)O)CC(=O)[C@H]([C@@H](C)O)NC(=O)[C@H](CCCCN)NC(=O)[C@@H](Cc2c[nH]c3ccccc23)NC(=O)[C@H](Cc2ccccc2)NC1=O. The Bertz CT molecular complexity index is 2530. The molecule has 19 nitrogen and oxygen atoms in total. The standard InChI is InChI=1S/C53H70N8O11S2/c1-30(2)38(23-33-15-7-5-8-16-33)48(66)59-43-29-74-73-28-36(47(65)61-46(32(4)63)53(71)72)26-44(64)45(31(3)62)60-49(67)40(21-13-14-22-54)56-51(69)42(25-35-27-55-39-20-12-11-19-37(35)39)58-50(68)41(57-52(43)70)24-34-17-9-6-10-18-34/h5-12,15-20,27,30-32,36,38,40-43,45-46,55,62-63H,13-14,21-26,28-29,54H2,1-4H3,(H,56,69)(H,57,70)(H,58,68)(H,59,66)(H,60,67)(H,61,65)(H,71,72)/t31-,32-,36+,38+,40+,41+,42-,43+,45+,46?/m1/s1. The fourth-order valence-electron chi connectivity index (χ4n) is 8.56. The molecule has 1 aliphatic heterocycles. The van der Waals surface area contributed by atoms with Gasteiger partial charge in [-0.1, -0.05) is 114 Å². The van der Waals surface area contributed by atoms with E-state index in [4.69, 9.17) is 5.73 Å². The van der Waals surface area contributed by atoms with Gasteiger partial charge in [0.2, 0.25) is 35.4 Å². The maximum Gasteiger partial charge on any atom is 0.328 e. The third kappa shape index (κ3) is 17.4. The van der Waals surface area contributed by atoms with Crippen molar-refractivity contribution in [3.05, 3.63) is 108 Å². The lowest BCUT2D eigenvalue weighted by Gasteiger charge is -2.29.